The minimum Gasteiger partial charge on any atom is -0.344 e. The Morgan fingerprint density at radius 1 is 1.38 bits per heavy atom. The van der Waals surface area contributed by atoms with Gasteiger partial charge in [-0.05, 0) is 19.1 Å². The van der Waals surface area contributed by atoms with Crippen LogP contribution in [0.15, 0.2) is 23.2 Å². The van der Waals surface area contributed by atoms with Crippen LogP contribution in [0, 0.1) is 0 Å². The Labute approximate surface area is 149 Å². The van der Waals surface area contributed by atoms with Gasteiger partial charge in [0.2, 0.25) is 0 Å². The number of sulfone groups is 1. The van der Waals surface area contributed by atoms with Crippen molar-refractivity contribution < 1.29 is 13.2 Å². The molecule has 0 fully saturated rings. The number of halogens is 2. The van der Waals surface area contributed by atoms with Gasteiger partial charge in [-0.1, -0.05) is 35.3 Å². The normalized spacial score (nSPS) is 12.9. The molecule has 1 atom stereocenters. The van der Waals surface area contributed by atoms with Gasteiger partial charge in [0, 0.05) is 7.05 Å². The molecule has 1 heterocycles. The van der Waals surface area contributed by atoms with Gasteiger partial charge in [0.15, 0.2) is 9.84 Å². The van der Waals surface area contributed by atoms with E-state index in [0.717, 1.165) is 0 Å². The number of nitrogens with zero attached hydrogens (tertiary/aromatic N) is 3. The van der Waals surface area contributed by atoms with Crippen molar-refractivity contribution in [3.8, 4) is 0 Å². The van der Waals surface area contributed by atoms with Crippen LogP contribution in [0.25, 0.3) is 0 Å². The summed E-state index contributed by atoms with van der Waals surface area (Å²) in [6.07, 6.45) is 1.66. The van der Waals surface area contributed by atoms with E-state index in [2.05, 4.69) is 15.6 Å². The van der Waals surface area contributed by atoms with Gasteiger partial charge in [0.1, 0.15) is 5.69 Å². The maximum absolute atomic E-state index is 12.5. The first kappa shape index (κ1) is 18.7. The van der Waals surface area contributed by atoms with Gasteiger partial charge in [-0.15, -0.1) is 5.10 Å². The van der Waals surface area contributed by atoms with Crippen molar-refractivity contribution >= 4 is 38.9 Å². The van der Waals surface area contributed by atoms with Crippen molar-refractivity contribution in [3.05, 3.63) is 39.6 Å². The van der Waals surface area contributed by atoms with Crippen LogP contribution in [-0.4, -0.2) is 35.1 Å². The van der Waals surface area contributed by atoms with Crippen molar-refractivity contribution in [3.63, 3.8) is 0 Å². The molecule has 130 valence electrons. The molecule has 0 saturated carbocycles. The summed E-state index contributed by atoms with van der Waals surface area (Å²) in [5, 5.41) is 10.3. The van der Waals surface area contributed by atoms with Crippen LogP contribution in [0.2, 0.25) is 10.0 Å². The number of carbonyl (C=O) groups is 1. The molecular formula is C14H16Cl2N4O3S. The smallest absolute Gasteiger partial charge is 0.254 e. The van der Waals surface area contributed by atoms with E-state index in [4.69, 9.17) is 23.2 Å². The Morgan fingerprint density at radius 3 is 2.58 bits per heavy atom. The highest BCUT2D eigenvalue weighted by molar-refractivity contribution is 7.91. The lowest BCUT2D eigenvalue weighted by Gasteiger charge is -2.14. The zero-order valence-electron chi connectivity index (χ0n) is 13.2. The molecule has 1 N–H and O–H groups in total. The van der Waals surface area contributed by atoms with Crippen molar-refractivity contribution in [2.75, 3.05) is 5.75 Å². The van der Waals surface area contributed by atoms with Crippen LogP contribution in [0.4, 0.5) is 0 Å². The van der Waals surface area contributed by atoms with E-state index in [1.807, 2.05) is 0 Å². The second kappa shape index (κ2) is 7.08. The first-order valence-corrected chi connectivity index (χ1v) is 9.46. The van der Waals surface area contributed by atoms with E-state index < -0.39 is 21.8 Å². The SMILES string of the molecule is CCS(=O)(=O)c1ccc(Cl)c(C(=O)NC(C)c2cn(C)nn2)c1Cl. The Morgan fingerprint density at radius 2 is 2.04 bits per heavy atom. The lowest BCUT2D eigenvalue weighted by Crippen LogP contribution is -2.28. The number of hydrogen-bond acceptors (Lipinski definition) is 5. The fraction of sp³-hybridized carbons (Fsp3) is 0.357. The summed E-state index contributed by atoms with van der Waals surface area (Å²) in [7, 11) is -1.87. The average Bonchev–Trinajstić information content (AvgIpc) is 2.93. The van der Waals surface area contributed by atoms with Gasteiger partial charge < -0.3 is 5.32 Å². The monoisotopic (exact) mass is 390 g/mol. The van der Waals surface area contributed by atoms with Crippen molar-refractivity contribution in [1.29, 1.82) is 0 Å². The zero-order valence-corrected chi connectivity index (χ0v) is 15.6. The van der Waals surface area contributed by atoms with Gasteiger partial charge in [-0.2, -0.15) is 0 Å². The summed E-state index contributed by atoms with van der Waals surface area (Å²) in [6, 6.07) is 2.19. The molecule has 0 saturated heterocycles. The first-order valence-electron chi connectivity index (χ1n) is 7.05. The van der Waals surface area contributed by atoms with E-state index in [0.29, 0.717) is 5.69 Å². The lowest BCUT2D eigenvalue weighted by molar-refractivity contribution is 0.0939. The predicted octanol–water partition coefficient (Wildman–Crippen LogP) is 2.41. The molecule has 2 aromatic rings. The highest BCUT2D eigenvalue weighted by atomic mass is 35.5. The third kappa shape index (κ3) is 3.71. The topological polar surface area (TPSA) is 94.0 Å². The van der Waals surface area contributed by atoms with Crippen LogP contribution in [0.5, 0.6) is 0 Å². The third-order valence-corrected chi connectivity index (χ3v) is 6.00. The van der Waals surface area contributed by atoms with Gasteiger partial charge in [0.05, 0.1) is 38.5 Å². The average molecular weight is 391 g/mol. The molecule has 0 aliphatic heterocycles. The summed E-state index contributed by atoms with van der Waals surface area (Å²) in [4.78, 5) is 12.4. The molecule has 24 heavy (non-hydrogen) atoms. The van der Waals surface area contributed by atoms with Crippen LogP contribution < -0.4 is 5.32 Å². The summed E-state index contributed by atoms with van der Waals surface area (Å²) < 4.78 is 25.7. The molecule has 1 aromatic carbocycles. The Kier molecular flexibility index (Phi) is 5.52. The van der Waals surface area contributed by atoms with E-state index in [1.165, 1.54) is 23.7 Å². The van der Waals surface area contributed by atoms with Gasteiger partial charge in [-0.25, -0.2) is 8.42 Å². The lowest BCUT2D eigenvalue weighted by atomic mass is 10.1. The number of amides is 1. The van der Waals surface area contributed by atoms with Crippen LogP contribution in [-0.2, 0) is 16.9 Å². The predicted molar refractivity (Wildman–Crippen MR) is 91.1 cm³/mol. The highest BCUT2D eigenvalue weighted by Crippen LogP contribution is 2.32. The van der Waals surface area contributed by atoms with E-state index in [9.17, 15) is 13.2 Å². The molecular weight excluding hydrogens is 375 g/mol. The standard InChI is InChI=1S/C14H16Cl2N4O3S/c1-4-24(22,23)11-6-5-9(15)12(13(11)16)14(21)17-8(2)10-7-20(3)19-18-10/h5-8H,4H2,1-3H3,(H,17,21). The Balaban J connectivity index is 2.37. The number of aromatic nitrogens is 3. The minimum absolute atomic E-state index is 0.0684. The maximum Gasteiger partial charge on any atom is 0.254 e. The summed E-state index contributed by atoms with van der Waals surface area (Å²) >= 11 is 12.2. The molecule has 0 aliphatic rings. The van der Waals surface area contributed by atoms with Crippen molar-refractivity contribution in [2.45, 2.75) is 24.8 Å². The quantitative estimate of drug-likeness (QED) is 0.845. The first-order chi connectivity index (χ1) is 11.2. The molecule has 0 bridgehead atoms. The second-order valence-electron chi connectivity index (χ2n) is 5.15. The van der Waals surface area contributed by atoms with Gasteiger partial charge in [-0.3, -0.25) is 9.48 Å². The molecule has 0 aliphatic carbocycles. The molecule has 1 amide bonds. The fourth-order valence-electron chi connectivity index (χ4n) is 2.04. The largest absolute Gasteiger partial charge is 0.344 e. The maximum atomic E-state index is 12.5. The van der Waals surface area contributed by atoms with Crippen LogP contribution in [0.3, 0.4) is 0 Å². The number of aryl methyl sites for hydroxylation is 1. The summed E-state index contributed by atoms with van der Waals surface area (Å²) in [5.41, 5.74) is 0.471. The Bertz CT molecular complexity index is 880. The molecule has 1 unspecified atom stereocenters. The van der Waals surface area contributed by atoms with Gasteiger partial charge in [0.25, 0.3) is 5.91 Å². The number of rotatable bonds is 5. The van der Waals surface area contributed by atoms with Crippen molar-refractivity contribution in [1.82, 2.24) is 20.3 Å². The van der Waals surface area contributed by atoms with E-state index >= 15 is 0 Å². The number of benzene rings is 1. The number of carbonyl (C=O) groups excluding carboxylic acids is 1. The molecule has 2 rings (SSSR count). The minimum atomic E-state index is -3.58. The molecule has 0 spiro atoms. The van der Waals surface area contributed by atoms with Crippen molar-refractivity contribution in [2.24, 2.45) is 7.05 Å². The van der Waals surface area contributed by atoms with Crippen LogP contribution in [0.1, 0.15) is 35.9 Å². The summed E-state index contributed by atoms with van der Waals surface area (Å²) in [5.74, 6) is -0.720. The molecule has 0 radical (unpaired) electrons. The van der Waals surface area contributed by atoms with Crippen LogP contribution >= 0.6 is 23.2 Å². The zero-order chi connectivity index (χ0) is 18.1. The fourth-order valence-corrected chi connectivity index (χ4v) is 3.90. The highest BCUT2D eigenvalue weighted by Gasteiger charge is 2.25. The summed E-state index contributed by atoms with van der Waals surface area (Å²) in [6.45, 7) is 3.21. The Hall–Kier alpha value is -1.64. The molecule has 7 nitrogen and oxygen atoms in total. The van der Waals surface area contributed by atoms with E-state index in [1.54, 1.807) is 20.2 Å². The third-order valence-electron chi connectivity index (χ3n) is 3.41. The molecule has 1 aromatic heterocycles. The number of nitrogens with one attached hydrogen (secondary N) is 1. The number of hydrogen-bond donors (Lipinski definition) is 1. The van der Waals surface area contributed by atoms with Gasteiger partial charge >= 0.3 is 0 Å². The van der Waals surface area contributed by atoms with E-state index in [-0.39, 0.29) is 26.3 Å². The second-order valence-corrected chi connectivity index (χ2v) is 8.18. The molecule has 10 heteroatoms.